The fourth-order valence-electron chi connectivity index (χ4n) is 4.56. The van der Waals surface area contributed by atoms with E-state index in [1.54, 1.807) is 36.4 Å². The highest BCUT2D eigenvalue weighted by atomic mass is 35.5. The van der Waals surface area contributed by atoms with Gasteiger partial charge in [0.2, 0.25) is 19.7 Å². The second kappa shape index (κ2) is 12.0. The molecule has 0 unspecified atom stereocenters. The number of halogens is 2. The quantitative estimate of drug-likeness (QED) is 0.162. The Labute approximate surface area is 264 Å². The lowest BCUT2D eigenvalue weighted by Crippen LogP contribution is -2.01. The molecule has 0 saturated heterocycles. The van der Waals surface area contributed by atoms with Gasteiger partial charge < -0.3 is 9.47 Å². The smallest absolute Gasteiger partial charge is 0.206 e. The summed E-state index contributed by atoms with van der Waals surface area (Å²) in [6.45, 7) is 0. The number of ether oxygens (including phenoxy) is 2. The normalized spacial score (nSPS) is 11.8. The molecule has 6 aromatic rings. The van der Waals surface area contributed by atoms with E-state index in [0.717, 1.165) is 10.8 Å². The van der Waals surface area contributed by atoms with Crippen molar-refractivity contribution in [2.24, 2.45) is 0 Å². The van der Waals surface area contributed by atoms with Gasteiger partial charge in [0.25, 0.3) is 0 Å². The number of hydrogen-bond acceptors (Lipinski definition) is 6. The van der Waals surface area contributed by atoms with Crippen LogP contribution in [-0.4, -0.2) is 16.8 Å². The Morgan fingerprint density at radius 2 is 0.682 bits per heavy atom. The lowest BCUT2D eigenvalue weighted by atomic mass is 10.1. The molecule has 0 radical (unpaired) electrons. The van der Waals surface area contributed by atoms with E-state index in [4.69, 9.17) is 32.7 Å². The second-order valence-electron chi connectivity index (χ2n) is 9.67. The van der Waals surface area contributed by atoms with Crippen LogP contribution in [0.3, 0.4) is 0 Å². The zero-order chi connectivity index (χ0) is 30.9. The zero-order valence-corrected chi connectivity index (χ0v) is 25.9. The van der Waals surface area contributed by atoms with Gasteiger partial charge in [0.05, 0.1) is 19.6 Å². The van der Waals surface area contributed by atoms with Crippen molar-refractivity contribution in [3.8, 4) is 23.0 Å². The van der Waals surface area contributed by atoms with Crippen molar-refractivity contribution < 1.29 is 26.3 Å². The molecule has 0 aliphatic rings. The topological polar surface area (TPSA) is 86.7 Å². The highest BCUT2D eigenvalue weighted by Crippen LogP contribution is 2.37. The summed E-state index contributed by atoms with van der Waals surface area (Å²) in [5, 5.41) is 2.44. The Balaban J connectivity index is 1.22. The Kier molecular flexibility index (Phi) is 8.09. The van der Waals surface area contributed by atoms with Crippen LogP contribution in [0.1, 0.15) is 0 Å². The minimum absolute atomic E-state index is 0.132. The van der Waals surface area contributed by atoms with Crippen molar-refractivity contribution in [2.45, 2.75) is 19.6 Å². The predicted molar refractivity (Wildman–Crippen MR) is 171 cm³/mol. The molecule has 0 N–H and O–H groups in total. The average molecular weight is 662 g/mol. The summed E-state index contributed by atoms with van der Waals surface area (Å²) in [5.74, 6) is 2.00. The van der Waals surface area contributed by atoms with Crippen LogP contribution >= 0.6 is 23.2 Å². The summed E-state index contributed by atoms with van der Waals surface area (Å²) in [6, 6.07) is 35.4. The van der Waals surface area contributed by atoms with E-state index in [1.807, 2.05) is 24.3 Å². The van der Waals surface area contributed by atoms with Gasteiger partial charge in [-0.2, -0.15) is 0 Å². The van der Waals surface area contributed by atoms with Gasteiger partial charge in [0.15, 0.2) is 0 Å². The van der Waals surface area contributed by atoms with Crippen molar-refractivity contribution in [3.05, 3.63) is 144 Å². The number of sulfone groups is 2. The fraction of sp³-hybridized carbons (Fsp3) is 0. The van der Waals surface area contributed by atoms with Gasteiger partial charge in [-0.05, 0) is 109 Å². The third kappa shape index (κ3) is 6.02. The highest BCUT2D eigenvalue weighted by Gasteiger charge is 2.19. The van der Waals surface area contributed by atoms with Crippen molar-refractivity contribution in [1.82, 2.24) is 0 Å². The minimum atomic E-state index is -3.71. The van der Waals surface area contributed by atoms with E-state index >= 15 is 0 Å². The molecule has 0 aliphatic heterocycles. The number of rotatable bonds is 8. The first-order valence-corrected chi connectivity index (χ1v) is 16.9. The summed E-state index contributed by atoms with van der Waals surface area (Å²) >= 11 is 11.8. The fourth-order valence-corrected chi connectivity index (χ4v) is 7.33. The minimum Gasteiger partial charge on any atom is -0.457 e. The molecule has 6 rings (SSSR count). The molecular weight excluding hydrogens is 639 g/mol. The Hall–Kier alpha value is -4.34. The van der Waals surface area contributed by atoms with E-state index in [2.05, 4.69) is 0 Å². The van der Waals surface area contributed by atoms with Crippen LogP contribution in [0.4, 0.5) is 0 Å². The van der Waals surface area contributed by atoms with Gasteiger partial charge in [-0.15, -0.1) is 0 Å². The van der Waals surface area contributed by atoms with Crippen molar-refractivity contribution in [2.75, 3.05) is 0 Å². The number of benzene rings is 6. The molecule has 44 heavy (non-hydrogen) atoms. The van der Waals surface area contributed by atoms with E-state index in [1.165, 1.54) is 72.8 Å². The van der Waals surface area contributed by atoms with Crippen LogP contribution in [0.5, 0.6) is 23.0 Å². The van der Waals surface area contributed by atoms with Crippen LogP contribution in [-0.2, 0) is 19.7 Å². The predicted octanol–water partition coefficient (Wildman–Crippen LogP) is 9.40. The Bertz CT molecular complexity index is 2020. The van der Waals surface area contributed by atoms with E-state index in [9.17, 15) is 16.8 Å². The Morgan fingerprint density at radius 3 is 1.00 bits per heavy atom. The van der Waals surface area contributed by atoms with Crippen molar-refractivity contribution in [1.29, 1.82) is 0 Å². The van der Waals surface area contributed by atoms with Crippen LogP contribution in [0, 0.1) is 0 Å². The van der Waals surface area contributed by atoms with Crippen LogP contribution in [0.15, 0.2) is 153 Å². The molecule has 0 aromatic heterocycles. The van der Waals surface area contributed by atoms with E-state index in [0.29, 0.717) is 33.0 Å². The van der Waals surface area contributed by atoms with E-state index < -0.39 is 19.7 Å². The van der Waals surface area contributed by atoms with Crippen LogP contribution in [0.25, 0.3) is 10.8 Å². The third-order valence-corrected chi connectivity index (χ3v) is 10.9. The lowest BCUT2D eigenvalue weighted by molar-refractivity contribution is 0.482. The van der Waals surface area contributed by atoms with Gasteiger partial charge in [-0.1, -0.05) is 47.5 Å². The molecule has 0 aliphatic carbocycles. The van der Waals surface area contributed by atoms with Gasteiger partial charge >= 0.3 is 0 Å². The van der Waals surface area contributed by atoms with Gasteiger partial charge in [-0.25, -0.2) is 16.8 Å². The molecular formula is C34H22Cl2O6S2. The van der Waals surface area contributed by atoms with Gasteiger partial charge in [0, 0.05) is 20.8 Å². The maximum absolute atomic E-state index is 13.0. The molecule has 0 heterocycles. The first-order valence-electron chi connectivity index (χ1n) is 13.2. The van der Waals surface area contributed by atoms with Gasteiger partial charge in [0.1, 0.15) is 23.0 Å². The monoisotopic (exact) mass is 660 g/mol. The van der Waals surface area contributed by atoms with Crippen molar-refractivity contribution in [3.63, 3.8) is 0 Å². The molecule has 10 heteroatoms. The summed E-state index contributed by atoms with van der Waals surface area (Å²) in [6.07, 6.45) is 0. The second-order valence-corrected chi connectivity index (χ2v) is 14.4. The SMILES string of the molecule is O=S(=O)(c1ccc(Cl)cc1)c1ccc(Oc2cccc3c(Oc4ccc(S(=O)(=O)c5ccc(Cl)cc5)cc4)cccc23)cc1. The molecule has 0 saturated carbocycles. The molecule has 6 aromatic carbocycles. The lowest BCUT2D eigenvalue weighted by Gasteiger charge is -2.13. The third-order valence-electron chi connectivity index (χ3n) is 6.81. The molecule has 0 fully saturated rings. The van der Waals surface area contributed by atoms with Crippen LogP contribution < -0.4 is 9.47 Å². The molecule has 6 nitrogen and oxygen atoms in total. The summed E-state index contributed by atoms with van der Waals surface area (Å²) in [5.41, 5.74) is 0. The standard InChI is InChI=1S/C34H22Cl2O6S2/c35-23-7-15-27(16-8-23)43(37,38)29-19-11-25(12-20-29)41-33-5-1-3-31-32(33)4-2-6-34(31)42-26-13-21-30(22-14-26)44(39,40)28-17-9-24(36)10-18-28/h1-22H. The Morgan fingerprint density at radius 1 is 0.386 bits per heavy atom. The molecule has 0 amide bonds. The summed E-state index contributed by atoms with van der Waals surface area (Å²) in [4.78, 5) is 0.561. The largest absolute Gasteiger partial charge is 0.457 e. The maximum atomic E-state index is 13.0. The summed E-state index contributed by atoms with van der Waals surface area (Å²) < 4.78 is 64.2. The maximum Gasteiger partial charge on any atom is 0.206 e. The first kappa shape index (κ1) is 29.7. The molecule has 0 atom stereocenters. The molecule has 0 spiro atoms. The number of fused-ring (bicyclic) bond motifs is 1. The highest BCUT2D eigenvalue weighted by molar-refractivity contribution is 7.91. The average Bonchev–Trinajstić information content (AvgIpc) is 3.02. The zero-order valence-electron chi connectivity index (χ0n) is 22.7. The van der Waals surface area contributed by atoms with Crippen molar-refractivity contribution >= 4 is 53.6 Å². The molecule has 0 bridgehead atoms. The molecule has 220 valence electrons. The van der Waals surface area contributed by atoms with Crippen LogP contribution in [0.2, 0.25) is 10.0 Å². The summed E-state index contributed by atoms with van der Waals surface area (Å²) in [7, 11) is -7.42. The van der Waals surface area contributed by atoms with Gasteiger partial charge in [-0.3, -0.25) is 0 Å². The van der Waals surface area contributed by atoms with E-state index in [-0.39, 0.29) is 19.6 Å². The first-order chi connectivity index (χ1) is 21.1. The number of hydrogen-bond donors (Lipinski definition) is 0.